The Labute approximate surface area is 139 Å². The normalized spacial score (nSPS) is 19.9. The van der Waals surface area contributed by atoms with Crippen LogP contribution in [0, 0.1) is 5.92 Å². The maximum atomic E-state index is 12.1. The monoisotopic (exact) mass is 334 g/mol. The number of carbonyl (C=O) groups excluding carboxylic acids is 1. The Morgan fingerprint density at radius 3 is 3.00 bits per heavy atom. The van der Waals surface area contributed by atoms with Crippen molar-refractivity contribution in [3.05, 3.63) is 51.4 Å². The van der Waals surface area contributed by atoms with E-state index in [-0.39, 0.29) is 11.8 Å². The number of pyridine rings is 1. The minimum absolute atomic E-state index is 0.139. The van der Waals surface area contributed by atoms with Crippen molar-refractivity contribution in [2.75, 3.05) is 6.54 Å². The zero-order chi connectivity index (χ0) is 15.4. The van der Waals surface area contributed by atoms with Crippen molar-refractivity contribution in [2.45, 2.75) is 31.6 Å². The van der Waals surface area contributed by atoms with Crippen LogP contribution in [0.3, 0.4) is 0 Å². The number of rotatable bonds is 7. The molecule has 0 saturated heterocycles. The van der Waals surface area contributed by atoms with E-state index in [4.69, 9.17) is 11.6 Å². The van der Waals surface area contributed by atoms with Gasteiger partial charge in [-0.2, -0.15) is 0 Å². The molecule has 1 aliphatic carbocycles. The van der Waals surface area contributed by atoms with E-state index in [9.17, 15) is 4.79 Å². The maximum absolute atomic E-state index is 12.1. The number of carbonyl (C=O) groups is 1. The molecule has 0 aliphatic heterocycles. The maximum Gasteiger partial charge on any atom is 0.223 e. The van der Waals surface area contributed by atoms with Gasteiger partial charge in [0.2, 0.25) is 5.91 Å². The lowest BCUT2D eigenvalue weighted by atomic mass is 10.1. The highest BCUT2D eigenvalue weighted by molar-refractivity contribution is 7.16. The number of nitrogens with zero attached hydrogens (tertiary/aromatic N) is 1. The van der Waals surface area contributed by atoms with Crippen LogP contribution in [0.1, 0.15) is 35.6 Å². The fraction of sp³-hybridized carbons (Fsp3) is 0.412. The van der Waals surface area contributed by atoms with E-state index in [0.717, 1.165) is 36.6 Å². The van der Waals surface area contributed by atoms with Crippen LogP contribution >= 0.6 is 22.9 Å². The van der Waals surface area contributed by atoms with Gasteiger partial charge >= 0.3 is 0 Å². The molecule has 1 fully saturated rings. The van der Waals surface area contributed by atoms with Gasteiger partial charge in [0.05, 0.1) is 4.34 Å². The van der Waals surface area contributed by atoms with E-state index < -0.39 is 0 Å². The number of unbranched alkanes of at least 4 members (excludes halogenated alkanes) is 1. The summed E-state index contributed by atoms with van der Waals surface area (Å²) in [5, 5.41) is 3.05. The Morgan fingerprint density at radius 1 is 1.36 bits per heavy atom. The summed E-state index contributed by atoms with van der Waals surface area (Å²) in [5.74, 6) is 0.690. The van der Waals surface area contributed by atoms with E-state index >= 15 is 0 Å². The molecule has 2 aromatic rings. The van der Waals surface area contributed by atoms with Gasteiger partial charge in [-0.15, -0.1) is 11.3 Å². The summed E-state index contributed by atoms with van der Waals surface area (Å²) >= 11 is 7.54. The Morgan fingerprint density at radius 2 is 2.27 bits per heavy atom. The van der Waals surface area contributed by atoms with Crippen LogP contribution in [0.2, 0.25) is 4.34 Å². The number of aromatic nitrogens is 1. The van der Waals surface area contributed by atoms with Crippen molar-refractivity contribution in [3.63, 3.8) is 0 Å². The summed E-state index contributed by atoms with van der Waals surface area (Å²) in [6.07, 6.45) is 7.70. The predicted octanol–water partition coefficient (Wildman–Crippen LogP) is 4.04. The van der Waals surface area contributed by atoms with E-state index in [0.29, 0.717) is 5.92 Å². The fourth-order valence-electron chi connectivity index (χ4n) is 2.70. The van der Waals surface area contributed by atoms with Gasteiger partial charge in [0.15, 0.2) is 0 Å². The molecular weight excluding hydrogens is 316 g/mol. The van der Waals surface area contributed by atoms with Gasteiger partial charge in [-0.05, 0) is 55.4 Å². The zero-order valence-corrected chi connectivity index (χ0v) is 13.9. The zero-order valence-electron chi connectivity index (χ0n) is 12.3. The summed E-state index contributed by atoms with van der Waals surface area (Å²) in [5.41, 5.74) is 1.18. The first kappa shape index (κ1) is 15.5. The standard InChI is InChI=1S/C17H19ClN2OS/c18-16-7-6-13(22-16)5-1-2-9-20-17(21)15-10-14(15)12-4-3-8-19-11-12/h3-4,6-8,11,14-15H,1-2,5,9-10H2,(H,20,21). The molecule has 1 aliphatic rings. The third-order valence-electron chi connectivity index (χ3n) is 4.02. The first-order chi connectivity index (χ1) is 10.7. The predicted molar refractivity (Wildman–Crippen MR) is 90.4 cm³/mol. The lowest BCUT2D eigenvalue weighted by Gasteiger charge is -2.04. The molecule has 2 unspecified atom stereocenters. The topological polar surface area (TPSA) is 42.0 Å². The van der Waals surface area contributed by atoms with Crippen molar-refractivity contribution in [2.24, 2.45) is 5.92 Å². The Balaban J connectivity index is 1.32. The molecule has 2 aromatic heterocycles. The molecule has 5 heteroatoms. The number of halogens is 1. The third-order valence-corrected chi connectivity index (χ3v) is 5.31. The second-order valence-electron chi connectivity index (χ2n) is 5.69. The Kier molecular flexibility index (Phi) is 5.11. The number of amides is 1. The molecule has 116 valence electrons. The molecule has 2 atom stereocenters. The lowest BCUT2D eigenvalue weighted by molar-refractivity contribution is -0.122. The average molecular weight is 335 g/mol. The van der Waals surface area contributed by atoms with Gasteiger partial charge in [0.1, 0.15) is 0 Å². The summed E-state index contributed by atoms with van der Waals surface area (Å²) < 4.78 is 0.846. The van der Waals surface area contributed by atoms with Gasteiger partial charge in [-0.3, -0.25) is 9.78 Å². The Hall–Kier alpha value is -1.39. The summed E-state index contributed by atoms with van der Waals surface area (Å²) in [7, 11) is 0. The van der Waals surface area contributed by atoms with Crippen molar-refractivity contribution < 1.29 is 4.79 Å². The van der Waals surface area contributed by atoms with Crippen LogP contribution in [-0.2, 0) is 11.2 Å². The fourth-order valence-corrected chi connectivity index (χ4v) is 3.83. The van der Waals surface area contributed by atoms with Gasteiger partial charge in [-0.1, -0.05) is 17.7 Å². The van der Waals surface area contributed by atoms with E-state index in [1.54, 1.807) is 17.5 Å². The largest absolute Gasteiger partial charge is 0.356 e. The molecule has 0 radical (unpaired) electrons. The third kappa shape index (κ3) is 4.08. The molecular formula is C17H19ClN2OS. The second kappa shape index (κ2) is 7.25. The summed E-state index contributed by atoms with van der Waals surface area (Å²) in [6, 6.07) is 8.00. The molecule has 2 heterocycles. The van der Waals surface area contributed by atoms with Crippen LogP contribution in [-0.4, -0.2) is 17.4 Å². The molecule has 22 heavy (non-hydrogen) atoms. The van der Waals surface area contributed by atoms with Crippen molar-refractivity contribution in [3.8, 4) is 0 Å². The van der Waals surface area contributed by atoms with Gasteiger partial charge < -0.3 is 5.32 Å². The van der Waals surface area contributed by atoms with Crippen molar-refractivity contribution in [1.82, 2.24) is 10.3 Å². The number of nitrogens with one attached hydrogen (secondary N) is 1. The van der Waals surface area contributed by atoms with Gasteiger partial charge in [-0.25, -0.2) is 0 Å². The number of hydrogen-bond acceptors (Lipinski definition) is 3. The van der Waals surface area contributed by atoms with Gasteiger partial charge in [0.25, 0.3) is 0 Å². The highest BCUT2D eigenvalue weighted by Crippen LogP contribution is 2.47. The van der Waals surface area contributed by atoms with Crippen LogP contribution in [0.4, 0.5) is 0 Å². The number of aryl methyl sites for hydroxylation is 1. The highest BCUT2D eigenvalue weighted by Gasteiger charge is 2.43. The molecule has 1 N–H and O–H groups in total. The molecule has 0 aromatic carbocycles. The molecule has 0 bridgehead atoms. The smallest absolute Gasteiger partial charge is 0.223 e. The summed E-state index contributed by atoms with van der Waals surface area (Å²) in [6.45, 7) is 0.758. The highest BCUT2D eigenvalue weighted by atomic mass is 35.5. The molecule has 3 rings (SSSR count). The van der Waals surface area contributed by atoms with Crippen LogP contribution < -0.4 is 5.32 Å². The minimum Gasteiger partial charge on any atom is -0.356 e. The van der Waals surface area contributed by atoms with Crippen LogP contribution in [0.15, 0.2) is 36.7 Å². The molecule has 0 spiro atoms. The van der Waals surface area contributed by atoms with Crippen LogP contribution in [0.25, 0.3) is 0 Å². The van der Waals surface area contributed by atoms with Crippen molar-refractivity contribution in [1.29, 1.82) is 0 Å². The average Bonchev–Trinajstić information content (AvgIpc) is 3.24. The van der Waals surface area contributed by atoms with E-state index in [2.05, 4.69) is 22.4 Å². The molecule has 1 saturated carbocycles. The first-order valence-corrected chi connectivity index (χ1v) is 8.85. The number of thiophene rings is 1. The van der Waals surface area contributed by atoms with Crippen LogP contribution in [0.5, 0.6) is 0 Å². The number of hydrogen-bond donors (Lipinski definition) is 1. The Bertz CT molecular complexity index is 629. The van der Waals surface area contributed by atoms with E-state index in [1.807, 2.05) is 18.3 Å². The quantitative estimate of drug-likeness (QED) is 0.776. The first-order valence-electron chi connectivity index (χ1n) is 7.66. The SMILES string of the molecule is O=C(NCCCCc1ccc(Cl)s1)C1CC1c1cccnc1. The molecule has 1 amide bonds. The second-order valence-corrected chi connectivity index (χ2v) is 7.49. The van der Waals surface area contributed by atoms with E-state index in [1.165, 1.54) is 10.4 Å². The lowest BCUT2D eigenvalue weighted by Crippen LogP contribution is -2.26. The van der Waals surface area contributed by atoms with Crippen molar-refractivity contribution >= 4 is 28.8 Å². The molecule has 3 nitrogen and oxygen atoms in total. The minimum atomic E-state index is 0.139. The van der Waals surface area contributed by atoms with Gasteiger partial charge in [0, 0.05) is 29.7 Å². The summed E-state index contributed by atoms with van der Waals surface area (Å²) in [4.78, 5) is 17.5.